The summed E-state index contributed by atoms with van der Waals surface area (Å²) in [5.74, 6) is -2.07. The molecule has 2 N–H and O–H groups in total. The Labute approximate surface area is 125 Å². The summed E-state index contributed by atoms with van der Waals surface area (Å²) in [6, 6.07) is 1.83. The van der Waals surface area contributed by atoms with E-state index in [0.29, 0.717) is 11.7 Å². The van der Waals surface area contributed by atoms with Crippen LogP contribution in [0.15, 0.2) is 16.6 Å². The number of hydrogen-bond donors (Lipinski definition) is 2. The largest absolute Gasteiger partial charge is 0.360 e. The van der Waals surface area contributed by atoms with Crippen LogP contribution in [0.4, 0.5) is 19.6 Å². The number of nitrogens with one attached hydrogen (secondary N) is 2. The Morgan fingerprint density at radius 3 is 2.80 bits per heavy atom. The van der Waals surface area contributed by atoms with Gasteiger partial charge < -0.3 is 10.6 Å². The number of nitrogens with zero attached hydrogens (tertiary/aromatic N) is 2. The summed E-state index contributed by atoms with van der Waals surface area (Å²) in [5.41, 5.74) is -0.254. The zero-order chi connectivity index (χ0) is 14.7. The number of hydrogen-bond acceptors (Lipinski definition) is 5. The van der Waals surface area contributed by atoms with Crippen LogP contribution in [-0.4, -0.2) is 22.6 Å². The van der Waals surface area contributed by atoms with Gasteiger partial charge in [-0.3, -0.25) is 4.79 Å². The van der Waals surface area contributed by atoms with E-state index in [2.05, 4.69) is 36.8 Å². The Kier molecular flexibility index (Phi) is 4.61. The van der Waals surface area contributed by atoms with Crippen molar-refractivity contribution in [2.24, 2.45) is 0 Å². The van der Waals surface area contributed by atoms with E-state index in [-0.39, 0.29) is 15.2 Å². The Bertz CT molecular complexity index is 649. The van der Waals surface area contributed by atoms with E-state index >= 15 is 0 Å². The molecule has 2 rings (SSSR count). The molecule has 0 bridgehead atoms. The van der Waals surface area contributed by atoms with Crippen molar-refractivity contribution in [2.45, 2.75) is 6.92 Å². The number of carbonyl (C=O) groups is 1. The van der Waals surface area contributed by atoms with Crippen molar-refractivity contribution in [1.82, 2.24) is 10.2 Å². The summed E-state index contributed by atoms with van der Waals surface area (Å²) in [5, 5.41) is 13.1. The molecule has 0 aliphatic carbocycles. The topological polar surface area (TPSA) is 66.9 Å². The average Bonchev–Trinajstić information content (AvgIpc) is 2.85. The Morgan fingerprint density at radius 1 is 1.35 bits per heavy atom. The molecule has 9 heteroatoms. The maximum Gasteiger partial charge on any atom is 0.286 e. The predicted octanol–water partition coefficient (Wildman–Crippen LogP) is 3.26. The molecular formula is C11H9BrF2N4OS. The maximum absolute atomic E-state index is 13.6. The molecule has 1 heterocycles. The SMILES string of the molecule is CCNc1nnc(C(=O)Nc2cc(F)c(Br)cc2F)s1. The molecule has 1 aromatic heterocycles. The second-order valence-electron chi connectivity index (χ2n) is 3.64. The van der Waals surface area contributed by atoms with Gasteiger partial charge in [0.15, 0.2) is 0 Å². The number of rotatable bonds is 4. The first-order valence-corrected chi connectivity index (χ1v) is 7.15. The van der Waals surface area contributed by atoms with Crippen LogP contribution in [0.5, 0.6) is 0 Å². The lowest BCUT2D eigenvalue weighted by Crippen LogP contribution is -2.13. The summed E-state index contributed by atoms with van der Waals surface area (Å²) in [6.45, 7) is 2.52. The third-order valence-electron chi connectivity index (χ3n) is 2.21. The van der Waals surface area contributed by atoms with Gasteiger partial charge in [0.05, 0.1) is 10.2 Å². The van der Waals surface area contributed by atoms with Gasteiger partial charge in [0, 0.05) is 12.6 Å². The Morgan fingerprint density at radius 2 is 2.10 bits per heavy atom. The zero-order valence-electron chi connectivity index (χ0n) is 10.2. The van der Waals surface area contributed by atoms with Gasteiger partial charge in [0.1, 0.15) is 11.6 Å². The zero-order valence-corrected chi connectivity index (χ0v) is 12.6. The van der Waals surface area contributed by atoms with Gasteiger partial charge in [-0.2, -0.15) is 0 Å². The molecule has 106 valence electrons. The van der Waals surface area contributed by atoms with Gasteiger partial charge in [0.2, 0.25) is 10.1 Å². The van der Waals surface area contributed by atoms with Gasteiger partial charge in [-0.15, -0.1) is 10.2 Å². The number of amides is 1. The van der Waals surface area contributed by atoms with Crippen molar-refractivity contribution < 1.29 is 13.6 Å². The summed E-state index contributed by atoms with van der Waals surface area (Å²) >= 11 is 3.88. The minimum Gasteiger partial charge on any atom is -0.360 e. The van der Waals surface area contributed by atoms with Gasteiger partial charge in [0.25, 0.3) is 5.91 Å². The second kappa shape index (κ2) is 6.23. The molecule has 0 saturated carbocycles. The fourth-order valence-electron chi connectivity index (χ4n) is 1.33. The van der Waals surface area contributed by atoms with Crippen LogP contribution in [0.25, 0.3) is 0 Å². The normalized spacial score (nSPS) is 10.4. The molecule has 5 nitrogen and oxygen atoms in total. The van der Waals surface area contributed by atoms with E-state index in [1.807, 2.05) is 6.92 Å². The van der Waals surface area contributed by atoms with Crippen molar-refractivity contribution in [1.29, 1.82) is 0 Å². The lowest BCUT2D eigenvalue weighted by molar-refractivity contribution is 0.102. The van der Waals surface area contributed by atoms with E-state index in [4.69, 9.17) is 0 Å². The van der Waals surface area contributed by atoms with Gasteiger partial charge >= 0.3 is 0 Å². The maximum atomic E-state index is 13.6. The highest BCUT2D eigenvalue weighted by atomic mass is 79.9. The number of aromatic nitrogens is 2. The third kappa shape index (κ3) is 3.28. The van der Waals surface area contributed by atoms with Crippen LogP contribution in [0.1, 0.15) is 16.7 Å². The highest BCUT2D eigenvalue weighted by molar-refractivity contribution is 9.10. The molecular weight excluding hydrogens is 354 g/mol. The molecule has 1 amide bonds. The molecule has 1 aromatic carbocycles. The quantitative estimate of drug-likeness (QED) is 0.819. The van der Waals surface area contributed by atoms with Gasteiger partial charge in [-0.25, -0.2) is 8.78 Å². The van der Waals surface area contributed by atoms with Crippen molar-refractivity contribution >= 4 is 44.0 Å². The second-order valence-corrected chi connectivity index (χ2v) is 5.47. The van der Waals surface area contributed by atoms with Crippen molar-refractivity contribution in [3.05, 3.63) is 33.2 Å². The van der Waals surface area contributed by atoms with Crippen LogP contribution in [0.2, 0.25) is 0 Å². The van der Waals surface area contributed by atoms with E-state index in [0.717, 1.165) is 23.5 Å². The van der Waals surface area contributed by atoms with Crippen LogP contribution in [0, 0.1) is 11.6 Å². The first-order chi connectivity index (χ1) is 9.51. The van der Waals surface area contributed by atoms with E-state index in [1.165, 1.54) is 0 Å². The summed E-state index contributed by atoms with van der Waals surface area (Å²) in [7, 11) is 0. The number of halogens is 3. The first kappa shape index (κ1) is 14.8. The molecule has 0 spiro atoms. The number of anilines is 2. The van der Waals surface area contributed by atoms with Crippen molar-refractivity contribution in [2.75, 3.05) is 17.2 Å². The van der Waals surface area contributed by atoms with Crippen molar-refractivity contribution in [3.63, 3.8) is 0 Å². The molecule has 2 aromatic rings. The fourth-order valence-corrected chi connectivity index (χ4v) is 2.35. The summed E-state index contributed by atoms with van der Waals surface area (Å²) < 4.78 is 26.9. The predicted molar refractivity (Wildman–Crippen MR) is 76.1 cm³/mol. The highest BCUT2D eigenvalue weighted by Gasteiger charge is 2.16. The molecule has 0 atom stereocenters. The van der Waals surface area contributed by atoms with Gasteiger partial charge in [-0.1, -0.05) is 11.3 Å². The third-order valence-corrected chi connectivity index (χ3v) is 3.69. The minimum absolute atomic E-state index is 0.0154. The van der Waals surface area contributed by atoms with Crippen LogP contribution < -0.4 is 10.6 Å². The average molecular weight is 363 g/mol. The summed E-state index contributed by atoms with van der Waals surface area (Å²) in [4.78, 5) is 11.8. The van der Waals surface area contributed by atoms with Crippen LogP contribution in [-0.2, 0) is 0 Å². The number of carbonyl (C=O) groups excluding carboxylic acids is 1. The fraction of sp³-hybridized carbons (Fsp3) is 0.182. The van der Waals surface area contributed by atoms with Crippen molar-refractivity contribution in [3.8, 4) is 0 Å². The molecule has 0 radical (unpaired) electrons. The van der Waals surface area contributed by atoms with E-state index in [9.17, 15) is 13.6 Å². The molecule has 0 unspecified atom stereocenters. The minimum atomic E-state index is -0.747. The van der Waals surface area contributed by atoms with Gasteiger partial charge in [-0.05, 0) is 28.9 Å². The lowest BCUT2D eigenvalue weighted by atomic mass is 10.3. The van der Waals surface area contributed by atoms with Crippen LogP contribution >= 0.6 is 27.3 Å². The molecule has 0 fully saturated rings. The Balaban J connectivity index is 2.16. The first-order valence-electron chi connectivity index (χ1n) is 5.54. The lowest BCUT2D eigenvalue weighted by Gasteiger charge is -2.05. The van der Waals surface area contributed by atoms with E-state index in [1.54, 1.807) is 0 Å². The summed E-state index contributed by atoms with van der Waals surface area (Å²) in [6.07, 6.45) is 0. The molecule has 0 saturated heterocycles. The number of benzene rings is 1. The molecule has 20 heavy (non-hydrogen) atoms. The van der Waals surface area contributed by atoms with E-state index < -0.39 is 17.5 Å². The Hall–Kier alpha value is -1.61. The highest BCUT2D eigenvalue weighted by Crippen LogP contribution is 2.24. The molecule has 0 aliphatic rings. The standard InChI is InChI=1S/C11H9BrF2N4OS/c1-2-15-11-18-17-10(20-11)9(19)16-8-4-6(13)5(12)3-7(8)14/h3-4H,2H2,1H3,(H,15,18)(H,16,19). The monoisotopic (exact) mass is 362 g/mol. The van der Waals surface area contributed by atoms with Crippen LogP contribution in [0.3, 0.4) is 0 Å². The smallest absolute Gasteiger partial charge is 0.286 e. The molecule has 0 aliphatic heterocycles.